The maximum atomic E-state index is 6.46. The van der Waals surface area contributed by atoms with Crippen LogP contribution in [0.1, 0.15) is 22.7 Å². The van der Waals surface area contributed by atoms with Gasteiger partial charge in [-0.1, -0.05) is 29.3 Å². The van der Waals surface area contributed by atoms with Gasteiger partial charge in [0.1, 0.15) is 0 Å². The average Bonchev–Trinajstić information content (AvgIpc) is 2.54. The van der Waals surface area contributed by atoms with Crippen molar-refractivity contribution in [2.24, 2.45) is 0 Å². The molecule has 1 aliphatic heterocycles. The van der Waals surface area contributed by atoms with Gasteiger partial charge in [0, 0.05) is 16.6 Å². The Hall–Kier alpha value is -1.42. The standard InChI is InChI=1S/C18H19Cl2NO2/c1-21-7-6-11-8-16(22-2)17(23-3)10-14(11)18(21)13-5-4-12(19)9-15(13)20/h4-5,8-10,18H,6-7H2,1-3H3/t18-/m1/s1. The maximum absolute atomic E-state index is 6.46. The molecular formula is C18H19Cl2NO2. The fourth-order valence-electron chi connectivity index (χ4n) is 3.20. The molecule has 0 aliphatic carbocycles. The van der Waals surface area contributed by atoms with Crippen LogP contribution in [0.5, 0.6) is 11.5 Å². The van der Waals surface area contributed by atoms with E-state index in [0.717, 1.165) is 30.0 Å². The van der Waals surface area contributed by atoms with Crippen LogP contribution < -0.4 is 9.47 Å². The number of rotatable bonds is 3. The molecule has 0 radical (unpaired) electrons. The lowest BCUT2D eigenvalue weighted by Gasteiger charge is -2.36. The van der Waals surface area contributed by atoms with Gasteiger partial charge in [-0.3, -0.25) is 4.90 Å². The molecule has 3 nitrogen and oxygen atoms in total. The lowest BCUT2D eigenvalue weighted by molar-refractivity contribution is 0.262. The van der Waals surface area contributed by atoms with Gasteiger partial charge in [0.05, 0.1) is 20.3 Å². The zero-order valence-corrected chi connectivity index (χ0v) is 14.9. The van der Waals surface area contributed by atoms with E-state index in [9.17, 15) is 0 Å². The van der Waals surface area contributed by atoms with Crippen LogP contribution in [0.25, 0.3) is 0 Å². The van der Waals surface area contributed by atoms with Gasteiger partial charge in [0.25, 0.3) is 0 Å². The minimum absolute atomic E-state index is 0.0725. The Morgan fingerprint density at radius 3 is 2.35 bits per heavy atom. The Bertz CT molecular complexity index is 733. The Morgan fingerprint density at radius 1 is 1.00 bits per heavy atom. The van der Waals surface area contributed by atoms with Gasteiger partial charge in [0.2, 0.25) is 0 Å². The molecule has 0 saturated heterocycles. The molecule has 0 spiro atoms. The first-order valence-corrected chi connectivity index (χ1v) is 8.20. The van der Waals surface area contributed by atoms with E-state index >= 15 is 0 Å². The van der Waals surface area contributed by atoms with E-state index in [4.69, 9.17) is 32.7 Å². The number of hydrogen-bond donors (Lipinski definition) is 0. The maximum Gasteiger partial charge on any atom is 0.161 e. The van der Waals surface area contributed by atoms with Crippen molar-refractivity contribution in [2.45, 2.75) is 12.5 Å². The number of nitrogens with zero attached hydrogens (tertiary/aromatic N) is 1. The predicted octanol–water partition coefficient (Wildman–Crippen LogP) is 4.59. The van der Waals surface area contributed by atoms with Crippen LogP contribution in [-0.2, 0) is 6.42 Å². The summed E-state index contributed by atoms with van der Waals surface area (Å²) in [5.41, 5.74) is 3.50. The molecule has 5 heteroatoms. The van der Waals surface area contributed by atoms with Crippen molar-refractivity contribution in [2.75, 3.05) is 27.8 Å². The van der Waals surface area contributed by atoms with Gasteiger partial charge >= 0.3 is 0 Å². The van der Waals surface area contributed by atoms with Gasteiger partial charge in [-0.05, 0) is 54.4 Å². The molecule has 1 aliphatic rings. The molecule has 3 rings (SSSR count). The second kappa shape index (κ2) is 6.60. The minimum atomic E-state index is 0.0725. The van der Waals surface area contributed by atoms with E-state index < -0.39 is 0 Å². The molecule has 1 atom stereocenters. The molecule has 0 fully saturated rings. The zero-order valence-electron chi connectivity index (χ0n) is 13.4. The summed E-state index contributed by atoms with van der Waals surface area (Å²) in [6.07, 6.45) is 0.966. The van der Waals surface area contributed by atoms with Crippen LogP contribution >= 0.6 is 23.2 Å². The van der Waals surface area contributed by atoms with Crippen molar-refractivity contribution < 1.29 is 9.47 Å². The van der Waals surface area contributed by atoms with Gasteiger partial charge in [-0.2, -0.15) is 0 Å². The largest absolute Gasteiger partial charge is 0.493 e. The first kappa shape index (κ1) is 16.4. The van der Waals surface area contributed by atoms with Crippen molar-refractivity contribution in [3.05, 3.63) is 57.1 Å². The van der Waals surface area contributed by atoms with Crippen LogP contribution in [0.4, 0.5) is 0 Å². The monoisotopic (exact) mass is 351 g/mol. The predicted molar refractivity (Wildman–Crippen MR) is 94.2 cm³/mol. The normalized spacial score (nSPS) is 17.7. The Balaban J connectivity index is 2.16. The van der Waals surface area contributed by atoms with Gasteiger partial charge in [0.15, 0.2) is 11.5 Å². The summed E-state index contributed by atoms with van der Waals surface area (Å²) < 4.78 is 10.9. The van der Waals surface area contributed by atoms with E-state index in [1.165, 1.54) is 11.1 Å². The smallest absolute Gasteiger partial charge is 0.161 e. The molecule has 2 aromatic carbocycles. The third-order valence-corrected chi connectivity index (χ3v) is 4.93. The van der Waals surface area contributed by atoms with E-state index in [0.29, 0.717) is 10.0 Å². The third-order valence-electron chi connectivity index (χ3n) is 4.37. The molecule has 0 saturated carbocycles. The SMILES string of the molecule is COc1cc2c(cc1OC)[C@@H](c1ccc(Cl)cc1Cl)N(C)CC2. The van der Waals surface area contributed by atoms with Crippen molar-refractivity contribution in [3.63, 3.8) is 0 Å². The summed E-state index contributed by atoms with van der Waals surface area (Å²) in [7, 11) is 5.42. The minimum Gasteiger partial charge on any atom is -0.493 e. The zero-order chi connectivity index (χ0) is 16.6. The number of likely N-dealkylation sites (N-methyl/N-ethyl adjacent to an activating group) is 1. The first-order chi connectivity index (χ1) is 11.0. The van der Waals surface area contributed by atoms with Crippen LogP contribution in [0.2, 0.25) is 10.0 Å². The van der Waals surface area contributed by atoms with Gasteiger partial charge < -0.3 is 9.47 Å². The second-order valence-corrected chi connectivity index (χ2v) is 6.55. The number of halogens is 2. The Labute approximate surface area is 146 Å². The molecule has 2 aromatic rings. The van der Waals surface area contributed by atoms with Crippen LogP contribution in [0, 0.1) is 0 Å². The summed E-state index contributed by atoms with van der Waals surface area (Å²) >= 11 is 12.5. The lowest BCUT2D eigenvalue weighted by atomic mass is 9.88. The number of methoxy groups -OCH3 is 2. The molecule has 23 heavy (non-hydrogen) atoms. The van der Waals surface area contributed by atoms with E-state index in [1.54, 1.807) is 20.3 Å². The summed E-state index contributed by atoms with van der Waals surface area (Å²) in [4.78, 5) is 2.30. The number of benzene rings is 2. The quantitative estimate of drug-likeness (QED) is 0.807. The highest BCUT2D eigenvalue weighted by atomic mass is 35.5. The summed E-state index contributed by atoms with van der Waals surface area (Å²) in [5.74, 6) is 1.49. The number of hydrogen-bond acceptors (Lipinski definition) is 3. The highest BCUT2D eigenvalue weighted by Crippen LogP contribution is 2.42. The highest BCUT2D eigenvalue weighted by Gasteiger charge is 2.29. The highest BCUT2D eigenvalue weighted by molar-refractivity contribution is 6.35. The molecule has 1 heterocycles. The molecule has 0 unspecified atom stereocenters. The summed E-state index contributed by atoms with van der Waals surface area (Å²) in [6.45, 7) is 0.951. The van der Waals surface area contributed by atoms with Gasteiger partial charge in [-0.25, -0.2) is 0 Å². The molecular weight excluding hydrogens is 333 g/mol. The molecule has 0 N–H and O–H groups in total. The van der Waals surface area contributed by atoms with Crippen LogP contribution in [0.3, 0.4) is 0 Å². The molecule has 122 valence electrons. The molecule has 0 amide bonds. The number of fused-ring (bicyclic) bond motifs is 1. The first-order valence-electron chi connectivity index (χ1n) is 7.45. The fourth-order valence-corrected chi connectivity index (χ4v) is 3.71. The van der Waals surface area contributed by atoms with E-state index in [2.05, 4.69) is 24.1 Å². The lowest BCUT2D eigenvalue weighted by Crippen LogP contribution is -2.33. The van der Waals surface area contributed by atoms with E-state index in [-0.39, 0.29) is 6.04 Å². The summed E-state index contributed by atoms with van der Waals surface area (Å²) in [5, 5.41) is 1.32. The van der Waals surface area contributed by atoms with E-state index in [1.807, 2.05) is 12.1 Å². The van der Waals surface area contributed by atoms with Crippen LogP contribution in [-0.4, -0.2) is 32.7 Å². The van der Waals surface area contributed by atoms with Crippen LogP contribution in [0.15, 0.2) is 30.3 Å². The van der Waals surface area contributed by atoms with Gasteiger partial charge in [-0.15, -0.1) is 0 Å². The third kappa shape index (κ3) is 3.01. The fraction of sp³-hybridized carbons (Fsp3) is 0.333. The van der Waals surface area contributed by atoms with Crippen molar-refractivity contribution in [1.29, 1.82) is 0 Å². The van der Waals surface area contributed by atoms with Crippen molar-refractivity contribution in [1.82, 2.24) is 4.90 Å². The number of ether oxygens (including phenoxy) is 2. The average molecular weight is 352 g/mol. The topological polar surface area (TPSA) is 21.7 Å². The second-order valence-electron chi connectivity index (χ2n) is 5.70. The van der Waals surface area contributed by atoms with Crippen molar-refractivity contribution in [3.8, 4) is 11.5 Å². The molecule has 0 aromatic heterocycles. The Kier molecular flexibility index (Phi) is 4.72. The molecule has 0 bridgehead atoms. The summed E-state index contributed by atoms with van der Waals surface area (Å²) in [6, 6.07) is 9.87. The van der Waals surface area contributed by atoms with Crippen molar-refractivity contribution >= 4 is 23.2 Å². The Morgan fingerprint density at radius 2 is 1.70 bits per heavy atom.